The zero-order chi connectivity index (χ0) is 18.8. The van der Waals surface area contributed by atoms with Crippen LogP contribution < -0.4 is 10.2 Å². The van der Waals surface area contributed by atoms with Crippen molar-refractivity contribution in [3.63, 3.8) is 0 Å². The van der Waals surface area contributed by atoms with Gasteiger partial charge in [-0.05, 0) is 42.8 Å². The molecule has 2 aromatic carbocycles. The average molecular weight is 442 g/mol. The summed E-state index contributed by atoms with van der Waals surface area (Å²) in [6.07, 6.45) is 1.47. The molecule has 27 heavy (non-hydrogen) atoms. The second kappa shape index (κ2) is 7.62. The number of hydrogen-bond acceptors (Lipinski definition) is 4. The SMILES string of the molecule is O=C(Nc1nc(-c2ccc(Br)cc2)cs1)c1ccc(N2CCCC2=O)cc1. The molecular weight excluding hydrogens is 426 g/mol. The smallest absolute Gasteiger partial charge is 0.257 e. The van der Waals surface area contributed by atoms with Crippen molar-refractivity contribution in [1.82, 2.24) is 4.98 Å². The summed E-state index contributed by atoms with van der Waals surface area (Å²) < 4.78 is 1.01. The van der Waals surface area contributed by atoms with Gasteiger partial charge in [0.1, 0.15) is 0 Å². The van der Waals surface area contributed by atoms with Crippen LogP contribution in [0.5, 0.6) is 0 Å². The van der Waals surface area contributed by atoms with Gasteiger partial charge in [0.2, 0.25) is 5.91 Å². The molecular formula is C20H16BrN3O2S. The van der Waals surface area contributed by atoms with Crippen LogP contribution >= 0.6 is 27.3 Å². The Morgan fingerprint density at radius 2 is 1.85 bits per heavy atom. The topological polar surface area (TPSA) is 62.3 Å². The summed E-state index contributed by atoms with van der Waals surface area (Å²) in [5.74, 6) is -0.0820. The zero-order valence-electron chi connectivity index (χ0n) is 14.3. The first-order chi connectivity index (χ1) is 13.1. The number of rotatable bonds is 4. The van der Waals surface area contributed by atoms with Crippen LogP contribution in [0.3, 0.4) is 0 Å². The Labute approximate surface area is 169 Å². The van der Waals surface area contributed by atoms with Crippen molar-refractivity contribution in [2.45, 2.75) is 12.8 Å². The van der Waals surface area contributed by atoms with Gasteiger partial charge >= 0.3 is 0 Å². The van der Waals surface area contributed by atoms with E-state index in [-0.39, 0.29) is 11.8 Å². The van der Waals surface area contributed by atoms with Gasteiger partial charge in [-0.3, -0.25) is 14.9 Å². The van der Waals surface area contributed by atoms with Gasteiger partial charge in [-0.2, -0.15) is 0 Å². The molecule has 0 unspecified atom stereocenters. The average Bonchev–Trinajstić information content (AvgIpc) is 3.31. The van der Waals surface area contributed by atoms with Crippen LogP contribution in [0, 0.1) is 0 Å². The van der Waals surface area contributed by atoms with E-state index in [1.165, 1.54) is 11.3 Å². The van der Waals surface area contributed by atoms with Gasteiger partial charge in [-0.15, -0.1) is 11.3 Å². The molecule has 1 aliphatic heterocycles. The number of anilines is 2. The van der Waals surface area contributed by atoms with E-state index in [1.807, 2.05) is 41.8 Å². The van der Waals surface area contributed by atoms with Crippen LogP contribution in [-0.2, 0) is 4.79 Å². The molecule has 0 aliphatic carbocycles. The maximum atomic E-state index is 12.5. The molecule has 1 aromatic heterocycles. The number of carbonyl (C=O) groups is 2. The molecule has 0 saturated carbocycles. The molecule has 3 aromatic rings. The maximum absolute atomic E-state index is 12.5. The van der Waals surface area contributed by atoms with Crippen LogP contribution in [0.15, 0.2) is 58.4 Å². The third-order valence-electron chi connectivity index (χ3n) is 4.38. The molecule has 1 aliphatic rings. The van der Waals surface area contributed by atoms with Gasteiger partial charge in [0.15, 0.2) is 5.13 Å². The predicted octanol–water partition coefficient (Wildman–Crippen LogP) is 4.95. The van der Waals surface area contributed by atoms with E-state index in [4.69, 9.17) is 0 Å². The first-order valence-electron chi connectivity index (χ1n) is 8.53. The van der Waals surface area contributed by atoms with Crippen molar-refractivity contribution in [3.8, 4) is 11.3 Å². The Morgan fingerprint density at radius 3 is 2.52 bits per heavy atom. The fourth-order valence-corrected chi connectivity index (χ4v) is 3.95. The van der Waals surface area contributed by atoms with Gasteiger partial charge in [0.05, 0.1) is 5.69 Å². The largest absolute Gasteiger partial charge is 0.312 e. The third kappa shape index (κ3) is 3.94. The van der Waals surface area contributed by atoms with Crippen molar-refractivity contribution in [1.29, 1.82) is 0 Å². The number of benzene rings is 2. The highest BCUT2D eigenvalue weighted by Crippen LogP contribution is 2.27. The molecule has 4 rings (SSSR count). The van der Waals surface area contributed by atoms with E-state index >= 15 is 0 Å². The summed E-state index contributed by atoms with van der Waals surface area (Å²) in [7, 11) is 0. The van der Waals surface area contributed by atoms with Crippen LogP contribution in [-0.4, -0.2) is 23.3 Å². The highest BCUT2D eigenvalue weighted by Gasteiger charge is 2.21. The quantitative estimate of drug-likeness (QED) is 0.622. The van der Waals surface area contributed by atoms with E-state index < -0.39 is 0 Å². The number of nitrogens with zero attached hydrogens (tertiary/aromatic N) is 2. The second-order valence-electron chi connectivity index (χ2n) is 6.19. The summed E-state index contributed by atoms with van der Waals surface area (Å²) >= 11 is 4.80. The minimum atomic E-state index is -0.217. The Balaban J connectivity index is 1.44. The first-order valence-corrected chi connectivity index (χ1v) is 10.2. The Hall–Kier alpha value is -2.51. The molecule has 2 heterocycles. The monoisotopic (exact) mass is 441 g/mol. The van der Waals surface area contributed by atoms with Gasteiger partial charge in [-0.1, -0.05) is 28.1 Å². The van der Waals surface area contributed by atoms with Crippen LogP contribution in [0.25, 0.3) is 11.3 Å². The third-order valence-corrected chi connectivity index (χ3v) is 5.67. The maximum Gasteiger partial charge on any atom is 0.257 e. The van der Waals surface area contributed by atoms with Crippen molar-refractivity contribution < 1.29 is 9.59 Å². The van der Waals surface area contributed by atoms with E-state index in [9.17, 15) is 9.59 Å². The van der Waals surface area contributed by atoms with Crippen LogP contribution in [0.1, 0.15) is 23.2 Å². The molecule has 0 radical (unpaired) electrons. The lowest BCUT2D eigenvalue weighted by molar-refractivity contribution is -0.117. The van der Waals surface area contributed by atoms with Crippen molar-refractivity contribution in [3.05, 3.63) is 63.9 Å². The number of carbonyl (C=O) groups excluding carboxylic acids is 2. The van der Waals surface area contributed by atoms with E-state index in [2.05, 4.69) is 26.2 Å². The molecule has 0 atom stereocenters. The molecule has 2 amide bonds. The second-order valence-corrected chi connectivity index (χ2v) is 7.97. The number of nitrogens with one attached hydrogen (secondary N) is 1. The van der Waals surface area contributed by atoms with Crippen molar-refractivity contribution in [2.75, 3.05) is 16.8 Å². The Bertz CT molecular complexity index is 983. The van der Waals surface area contributed by atoms with Crippen LogP contribution in [0.4, 0.5) is 10.8 Å². The van der Waals surface area contributed by atoms with E-state index in [1.54, 1.807) is 17.0 Å². The molecule has 0 bridgehead atoms. The highest BCUT2D eigenvalue weighted by atomic mass is 79.9. The number of hydrogen-bond donors (Lipinski definition) is 1. The molecule has 1 saturated heterocycles. The lowest BCUT2D eigenvalue weighted by Crippen LogP contribution is -2.23. The molecule has 1 N–H and O–H groups in total. The molecule has 7 heteroatoms. The first kappa shape index (κ1) is 17.9. The lowest BCUT2D eigenvalue weighted by Gasteiger charge is -2.15. The fraction of sp³-hybridized carbons (Fsp3) is 0.150. The van der Waals surface area contributed by atoms with Gasteiger partial charge in [0, 0.05) is 39.6 Å². The number of thiazole rings is 1. The molecule has 0 spiro atoms. The van der Waals surface area contributed by atoms with E-state index in [0.717, 1.165) is 34.4 Å². The van der Waals surface area contributed by atoms with Gasteiger partial charge < -0.3 is 4.90 Å². The minimum absolute atomic E-state index is 0.135. The summed E-state index contributed by atoms with van der Waals surface area (Å²) in [6, 6.07) is 15.0. The van der Waals surface area contributed by atoms with Crippen molar-refractivity contribution in [2.24, 2.45) is 0 Å². The summed E-state index contributed by atoms with van der Waals surface area (Å²) in [5, 5.41) is 5.31. The Kier molecular flexibility index (Phi) is 5.05. The predicted molar refractivity (Wildman–Crippen MR) is 111 cm³/mol. The van der Waals surface area contributed by atoms with Crippen LogP contribution in [0.2, 0.25) is 0 Å². The lowest BCUT2D eigenvalue weighted by atomic mass is 10.2. The Morgan fingerprint density at radius 1 is 1.11 bits per heavy atom. The number of halogens is 1. The normalized spacial score (nSPS) is 13.8. The molecule has 1 fully saturated rings. The number of aromatic nitrogens is 1. The van der Waals surface area contributed by atoms with Gasteiger partial charge in [0.25, 0.3) is 5.91 Å². The van der Waals surface area contributed by atoms with Gasteiger partial charge in [-0.25, -0.2) is 4.98 Å². The van der Waals surface area contributed by atoms with E-state index in [0.29, 0.717) is 17.1 Å². The minimum Gasteiger partial charge on any atom is -0.312 e. The van der Waals surface area contributed by atoms with Crippen molar-refractivity contribution >= 4 is 49.9 Å². The summed E-state index contributed by atoms with van der Waals surface area (Å²) in [5.41, 5.74) is 3.19. The highest BCUT2D eigenvalue weighted by molar-refractivity contribution is 9.10. The number of amides is 2. The fourth-order valence-electron chi connectivity index (χ4n) is 2.97. The summed E-state index contributed by atoms with van der Waals surface area (Å²) in [4.78, 5) is 30.5. The summed E-state index contributed by atoms with van der Waals surface area (Å²) in [6.45, 7) is 0.738. The standard InChI is InChI=1S/C20H16BrN3O2S/c21-15-7-3-13(4-8-15)17-12-27-20(22-17)23-19(26)14-5-9-16(10-6-14)24-11-1-2-18(24)25/h3-10,12H,1-2,11H2,(H,22,23,26). The zero-order valence-corrected chi connectivity index (χ0v) is 16.7. The molecule has 5 nitrogen and oxygen atoms in total. The molecule has 136 valence electrons.